The van der Waals surface area contributed by atoms with Crippen molar-refractivity contribution < 1.29 is 14.6 Å². The van der Waals surface area contributed by atoms with Gasteiger partial charge in [0.1, 0.15) is 11.4 Å². The number of rotatable bonds is 1. The van der Waals surface area contributed by atoms with Gasteiger partial charge in [0.05, 0.1) is 5.92 Å². The zero-order valence-corrected chi connectivity index (χ0v) is 13.2. The number of aryl methyl sites for hydroxylation is 1. The van der Waals surface area contributed by atoms with E-state index in [1.807, 2.05) is 18.2 Å². The molecule has 1 aromatic rings. The van der Waals surface area contributed by atoms with Gasteiger partial charge in [-0.1, -0.05) is 12.1 Å². The summed E-state index contributed by atoms with van der Waals surface area (Å²) in [5, 5.41) is 9.95. The van der Waals surface area contributed by atoms with Crippen molar-refractivity contribution in [1.82, 2.24) is 0 Å². The number of hydrogen-bond acceptors (Lipinski definition) is 3. The Balaban J connectivity index is 1.66. The van der Waals surface area contributed by atoms with Crippen LogP contribution in [0.3, 0.4) is 0 Å². The van der Waals surface area contributed by atoms with Gasteiger partial charge in [-0.15, -0.1) is 6.58 Å². The molecular formula is C20H22O3. The van der Waals surface area contributed by atoms with E-state index in [1.54, 1.807) is 6.07 Å². The van der Waals surface area contributed by atoms with Crippen LogP contribution in [-0.4, -0.2) is 16.7 Å². The van der Waals surface area contributed by atoms with Crippen LogP contribution >= 0.6 is 0 Å². The predicted octanol–water partition coefficient (Wildman–Crippen LogP) is 3.57. The lowest BCUT2D eigenvalue weighted by Gasteiger charge is -2.47. The summed E-state index contributed by atoms with van der Waals surface area (Å²) in [5.41, 5.74) is 2.22. The van der Waals surface area contributed by atoms with E-state index in [0.717, 1.165) is 32.1 Å². The molecule has 1 N–H and O–H groups in total. The number of ether oxygens (including phenoxy) is 1. The molecule has 6 atom stereocenters. The minimum atomic E-state index is -0.279. The van der Waals surface area contributed by atoms with Gasteiger partial charge in [-0.2, -0.15) is 0 Å². The standard InChI is InChI=1S/C20H22O3/c1-2-12-5-8-17-14-7-4-11-3-6-13(21)9-15(11)18(14)16-10-20(12,17)23-19(16)22/h2-3,6,9,12,14,16-18,21H,1,4-5,7-8,10H2/t12-,14+,16+,17+,18+,20+/m1/s1. The fourth-order valence-corrected chi connectivity index (χ4v) is 6.30. The molecule has 3 aliphatic carbocycles. The number of phenols is 1. The molecule has 3 heteroatoms. The van der Waals surface area contributed by atoms with Crippen LogP contribution in [-0.2, 0) is 16.0 Å². The Morgan fingerprint density at radius 3 is 3.00 bits per heavy atom. The van der Waals surface area contributed by atoms with E-state index in [1.165, 1.54) is 11.1 Å². The summed E-state index contributed by atoms with van der Waals surface area (Å²) >= 11 is 0. The van der Waals surface area contributed by atoms with E-state index in [2.05, 4.69) is 6.58 Å². The van der Waals surface area contributed by atoms with Crippen LogP contribution in [0.4, 0.5) is 0 Å². The number of fused-ring (bicyclic) bond motifs is 6. The molecule has 120 valence electrons. The Labute approximate surface area is 136 Å². The second kappa shape index (κ2) is 4.40. The smallest absolute Gasteiger partial charge is 0.310 e. The monoisotopic (exact) mass is 310 g/mol. The van der Waals surface area contributed by atoms with Gasteiger partial charge in [-0.3, -0.25) is 4.79 Å². The highest BCUT2D eigenvalue weighted by atomic mass is 16.6. The van der Waals surface area contributed by atoms with E-state index in [0.29, 0.717) is 23.5 Å². The second-order valence-electron chi connectivity index (χ2n) is 7.82. The first-order valence-electron chi connectivity index (χ1n) is 8.81. The fourth-order valence-electron chi connectivity index (χ4n) is 6.30. The Morgan fingerprint density at radius 2 is 2.17 bits per heavy atom. The van der Waals surface area contributed by atoms with Gasteiger partial charge in [-0.05, 0) is 54.9 Å². The maximum Gasteiger partial charge on any atom is 0.310 e. The van der Waals surface area contributed by atoms with Crippen molar-refractivity contribution in [3.8, 4) is 5.75 Å². The number of esters is 1. The Morgan fingerprint density at radius 1 is 1.30 bits per heavy atom. The third-order valence-electron chi connectivity index (χ3n) is 7.11. The summed E-state index contributed by atoms with van der Waals surface area (Å²) in [5.74, 6) is 1.73. The highest BCUT2D eigenvalue weighted by Crippen LogP contribution is 2.65. The molecule has 2 saturated carbocycles. The van der Waals surface area contributed by atoms with Gasteiger partial charge in [0.25, 0.3) is 0 Å². The average Bonchev–Trinajstić information content (AvgIpc) is 3.05. The van der Waals surface area contributed by atoms with Crippen LogP contribution in [0.15, 0.2) is 30.9 Å². The molecule has 3 fully saturated rings. The first kappa shape index (κ1) is 13.6. The van der Waals surface area contributed by atoms with E-state index in [-0.39, 0.29) is 23.4 Å². The Kier molecular flexibility index (Phi) is 2.61. The number of aromatic hydroxyl groups is 1. The summed E-state index contributed by atoms with van der Waals surface area (Å²) in [7, 11) is 0. The van der Waals surface area contributed by atoms with Gasteiger partial charge in [0.2, 0.25) is 0 Å². The Bertz CT molecular complexity index is 709. The number of phenolic OH excluding ortho intramolecular Hbond substituents is 1. The van der Waals surface area contributed by atoms with E-state index in [4.69, 9.17) is 4.74 Å². The SMILES string of the molecule is C=C[C@@H]1CC[C@H]2[C@@H]3CCc4ccc(O)cc4[C@H]3[C@@H]3C[C@]12OC3=O. The van der Waals surface area contributed by atoms with Crippen LogP contribution in [0, 0.1) is 23.7 Å². The molecule has 0 amide bonds. The number of carbonyl (C=O) groups is 1. The molecule has 4 aliphatic rings. The molecule has 5 rings (SSSR count). The molecule has 0 unspecified atom stereocenters. The lowest BCUT2D eigenvalue weighted by atomic mass is 9.56. The van der Waals surface area contributed by atoms with Gasteiger partial charge >= 0.3 is 5.97 Å². The predicted molar refractivity (Wildman–Crippen MR) is 86.0 cm³/mol. The van der Waals surface area contributed by atoms with Crippen molar-refractivity contribution in [3.63, 3.8) is 0 Å². The minimum Gasteiger partial charge on any atom is -0.508 e. The quantitative estimate of drug-likeness (QED) is 0.637. The number of carbonyl (C=O) groups excluding carboxylic acids is 1. The topological polar surface area (TPSA) is 46.5 Å². The van der Waals surface area contributed by atoms with Crippen molar-refractivity contribution in [2.45, 2.75) is 43.6 Å². The van der Waals surface area contributed by atoms with Crippen molar-refractivity contribution >= 4 is 5.97 Å². The maximum absolute atomic E-state index is 12.7. The van der Waals surface area contributed by atoms with E-state index < -0.39 is 0 Å². The molecule has 1 aromatic carbocycles. The minimum absolute atomic E-state index is 0.0209. The molecule has 1 spiro atoms. The fraction of sp³-hybridized carbons (Fsp3) is 0.550. The zero-order valence-electron chi connectivity index (χ0n) is 13.2. The summed E-state index contributed by atoms with van der Waals surface area (Å²) in [6.45, 7) is 4.00. The van der Waals surface area contributed by atoms with E-state index >= 15 is 0 Å². The van der Waals surface area contributed by atoms with Crippen molar-refractivity contribution in [2.24, 2.45) is 23.7 Å². The van der Waals surface area contributed by atoms with Crippen LogP contribution < -0.4 is 0 Å². The third-order valence-corrected chi connectivity index (χ3v) is 7.11. The molecule has 0 radical (unpaired) electrons. The molecule has 1 aliphatic heterocycles. The molecule has 3 nitrogen and oxygen atoms in total. The van der Waals surface area contributed by atoms with Gasteiger partial charge < -0.3 is 9.84 Å². The van der Waals surface area contributed by atoms with Crippen molar-refractivity contribution in [3.05, 3.63) is 42.0 Å². The summed E-state index contributed by atoms with van der Waals surface area (Å²) in [6, 6.07) is 5.69. The van der Waals surface area contributed by atoms with Crippen LogP contribution in [0.5, 0.6) is 5.75 Å². The third kappa shape index (κ3) is 1.58. The largest absolute Gasteiger partial charge is 0.508 e. The van der Waals surface area contributed by atoms with Crippen LogP contribution in [0.2, 0.25) is 0 Å². The van der Waals surface area contributed by atoms with Crippen LogP contribution in [0.25, 0.3) is 0 Å². The highest BCUT2D eigenvalue weighted by molar-refractivity contribution is 5.78. The summed E-state index contributed by atoms with van der Waals surface area (Å²) in [4.78, 5) is 12.7. The zero-order chi connectivity index (χ0) is 15.8. The first-order valence-corrected chi connectivity index (χ1v) is 8.81. The van der Waals surface area contributed by atoms with Gasteiger partial charge in [-0.25, -0.2) is 0 Å². The molecule has 1 saturated heterocycles. The highest BCUT2D eigenvalue weighted by Gasteiger charge is 2.67. The van der Waals surface area contributed by atoms with Gasteiger partial charge in [0.15, 0.2) is 0 Å². The molecule has 2 bridgehead atoms. The Hall–Kier alpha value is -1.77. The lowest BCUT2D eigenvalue weighted by Crippen LogP contribution is -2.48. The van der Waals surface area contributed by atoms with Crippen molar-refractivity contribution in [1.29, 1.82) is 0 Å². The molecule has 23 heavy (non-hydrogen) atoms. The molecule has 1 heterocycles. The number of hydrogen-bond donors (Lipinski definition) is 1. The number of benzene rings is 1. The molecule has 0 aromatic heterocycles. The summed E-state index contributed by atoms with van der Waals surface area (Å²) in [6.07, 6.45) is 7.24. The second-order valence-corrected chi connectivity index (χ2v) is 7.82. The van der Waals surface area contributed by atoms with Crippen molar-refractivity contribution in [2.75, 3.05) is 0 Å². The maximum atomic E-state index is 12.7. The first-order chi connectivity index (χ1) is 11.1. The molecular weight excluding hydrogens is 288 g/mol. The lowest BCUT2D eigenvalue weighted by molar-refractivity contribution is -0.154. The normalized spacial score (nSPS) is 43.3. The summed E-state index contributed by atoms with van der Waals surface area (Å²) < 4.78 is 6.06. The average molecular weight is 310 g/mol. The van der Waals surface area contributed by atoms with Gasteiger partial charge in [0, 0.05) is 24.2 Å². The van der Waals surface area contributed by atoms with Crippen LogP contribution in [0.1, 0.15) is 42.7 Å². The van der Waals surface area contributed by atoms with E-state index in [9.17, 15) is 9.90 Å².